The summed E-state index contributed by atoms with van der Waals surface area (Å²) in [4.78, 5) is 32.2. The van der Waals surface area contributed by atoms with E-state index in [1.807, 2.05) is 61.0 Å². The molecule has 8 heteroatoms. The number of methoxy groups -OCH3 is 1. The molecular formula is C29H32N4O4. The highest BCUT2D eigenvalue weighted by Gasteiger charge is 2.24. The maximum absolute atomic E-state index is 13.2. The molecule has 0 fully saturated rings. The highest BCUT2D eigenvalue weighted by atomic mass is 16.5. The molecule has 2 aromatic carbocycles. The maximum Gasteiger partial charge on any atom is 0.290 e. The van der Waals surface area contributed by atoms with Gasteiger partial charge in [0.1, 0.15) is 12.3 Å². The first-order valence-electron chi connectivity index (χ1n) is 12.2. The molecule has 8 nitrogen and oxygen atoms in total. The largest absolute Gasteiger partial charge is 0.497 e. The van der Waals surface area contributed by atoms with Crippen LogP contribution in [0.1, 0.15) is 49.7 Å². The molecule has 192 valence electrons. The third kappa shape index (κ3) is 5.91. The van der Waals surface area contributed by atoms with Gasteiger partial charge in [-0.1, -0.05) is 26.0 Å². The second-order valence-electron chi connectivity index (χ2n) is 9.35. The maximum atomic E-state index is 13.2. The summed E-state index contributed by atoms with van der Waals surface area (Å²) in [5.74, 6) is 0.995. The summed E-state index contributed by atoms with van der Waals surface area (Å²) < 4.78 is 12.4. The lowest BCUT2D eigenvalue weighted by molar-refractivity contribution is -0.117. The predicted octanol–water partition coefficient (Wildman–Crippen LogP) is 5.75. The number of hydrogen-bond donors (Lipinski definition) is 1. The average Bonchev–Trinajstić information content (AvgIpc) is 3.58. The molecule has 0 radical (unpaired) electrons. The lowest BCUT2D eigenvalue weighted by Gasteiger charge is -2.25. The Kier molecular flexibility index (Phi) is 7.77. The number of nitrogens with one attached hydrogen (secondary N) is 1. The number of rotatable bonds is 9. The molecule has 0 aliphatic heterocycles. The van der Waals surface area contributed by atoms with Crippen LogP contribution in [-0.4, -0.2) is 46.0 Å². The first-order chi connectivity index (χ1) is 17.8. The average molecular weight is 501 g/mol. The first-order valence-corrected chi connectivity index (χ1v) is 12.2. The number of carbonyl (C=O) groups is 2. The van der Waals surface area contributed by atoms with Gasteiger partial charge in [0.25, 0.3) is 5.91 Å². The number of furan rings is 1. The zero-order valence-corrected chi connectivity index (χ0v) is 21.8. The number of aromatic nitrogens is 2. The molecule has 0 saturated carbocycles. The standard InChI is InChI=1S/C29H32N4O4/c1-19(2)21-8-12-23(13-9-21)33-17-25(22-10-14-24(36-5)15-11-22)30-29(33)31-27(34)18-32(20(3)4)28(35)26-7-6-16-37-26/h6-17,19-20H,18H2,1-5H3,(H,30,31,34). The molecule has 2 heterocycles. The zero-order chi connectivity index (χ0) is 26.5. The fourth-order valence-corrected chi connectivity index (χ4v) is 3.94. The Balaban J connectivity index is 1.64. The SMILES string of the molecule is COc1ccc(-c2cn(-c3ccc(C(C)C)cc3)c(NC(=O)CN(C(=O)c3ccco3)C(C)C)n2)cc1. The minimum Gasteiger partial charge on any atom is -0.497 e. The quantitative estimate of drug-likeness (QED) is 0.316. The molecule has 4 aromatic rings. The molecule has 37 heavy (non-hydrogen) atoms. The van der Waals surface area contributed by atoms with Crippen LogP contribution in [0.2, 0.25) is 0 Å². The van der Waals surface area contributed by atoms with Crippen molar-refractivity contribution in [2.75, 3.05) is 19.0 Å². The number of anilines is 1. The van der Waals surface area contributed by atoms with Crippen molar-refractivity contribution in [3.63, 3.8) is 0 Å². The molecule has 2 amide bonds. The summed E-state index contributed by atoms with van der Waals surface area (Å²) in [7, 11) is 1.62. The molecule has 0 bridgehead atoms. The highest BCUT2D eigenvalue weighted by molar-refractivity contribution is 5.97. The van der Waals surface area contributed by atoms with Crippen LogP contribution in [0.3, 0.4) is 0 Å². The Labute approximate surface area is 216 Å². The van der Waals surface area contributed by atoms with Gasteiger partial charge in [-0.3, -0.25) is 19.5 Å². The van der Waals surface area contributed by atoms with Crippen LogP contribution >= 0.6 is 0 Å². The number of imidazole rings is 1. The van der Waals surface area contributed by atoms with E-state index in [0.29, 0.717) is 17.6 Å². The molecule has 2 aromatic heterocycles. The van der Waals surface area contributed by atoms with Crippen molar-refractivity contribution in [2.24, 2.45) is 0 Å². The second kappa shape index (κ2) is 11.2. The summed E-state index contributed by atoms with van der Waals surface area (Å²) in [6.45, 7) is 7.85. The lowest BCUT2D eigenvalue weighted by atomic mass is 10.0. The van der Waals surface area contributed by atoms with E-state index in [1.165, 1.54) is 16.7 Å². The number of hydrogen-bond acceptors (Lipinski definition) is 5. The third-order valence-corrected chi connectivity index (χ3v) is 6.11. The highest BCUT2D eigenvalue weighted by Crippen LogP contribution is 2.27. The first kappa shape index (κ1) is 25.8. The summed E-state index contributed by atoms with van der Waals surface area (Å²) in [6, 6.07) is 18.7. The number of amides is 2. The van der Waals surface area contributed by atoms with Gasteiger partial charge in [0.15, 0.2) is 5.76 Å². The Hall–Kier alpha value is -4.33. The Bertz CT molecular complexity index is 1340. The van der Waals surface area contributed by atoms with Crippen molar-refractivity contribution in [3.8, 4) is 22.7 Å². The van der Waals surface area contributed by atoms with Crippen LogP contribution in [-0.2, 0) is 4.79 Å². The molecule has 0 spiro atoms. The molecule has 0 aliphatic rings. The number of ether oxygens (including phenoxy) is 1. The van der Waals surface area contributed by atoms with Gasteiger partial charge < -0.3 is 14.1 Å². The van der Waals surface area contributed by atoms with E-state index in [0.717, 1.165) is 17.0 Å². The summed E-state index contributed by atoms with van der Waals surface area (Å²) in [5.41, 5.74) is 3.65. The van der Waals surface area contributed by atoms with Crippen molar-refractivity contribution in [2.45, 2.75) is 39.7 Å². The van der Waals surface area contributed by atoms with Crippen molar-refractivity contribution in [3.05, 3.63) is 84.4 Å². The van der Waals surface area contributed by atoms with Crippen LogP contribution in [0, 0.1) is 0 Å². The minimum atomic E-state index is -0.361. The zero-order valence-electron chi connectivity index (χ0n) is 21.8. The fraction of sp³-hybridized carbons (Fsp3) is 0.276. The minimum absolute atomic E-state index is 0.145. The van der Waals surface area contributed by atoms with Gasteiger partial charge in [0.05, 0.1) is 19.1 Å². The Morgan fingerprint density at radius 3 is 2.30 bits per heavy atom. The van der Waals surface area contributed by atoms with E-state index in [2.05, 4.69) is 31.3 Å². The van der Waals surface area contributed by atoms with Crippen molar-refractivity contribution in [1.29, 1.82) is 0 Å². The van der Waals surface area contributed by atoms with Crippen molar-refractivity contribution in [1.82, 2.24) is 14.5 Å². The molecule has 1 N–H and O–H groups in total. The van der Waals surface area contributed by atoms with E-state index in [-0.39, 0.29) is 30.2 Å². The second-order valence-corrected chi connectivity index (χ2v) is 9.35. The van der Waals surface area contributed by atoms with Crippen molar-refractivity contribution >= 4 is 17.8 Å². The van der Waals surface area contributed by atoms with Crippen LogP contribution in [0.15, 0.2) is 77.5 Å². The number of nitrogens with zero attached hydrogens (tertiary/aromatic N) is 3. The van der Waals surface area contributed by atoms with Gasteiger partial charge in [0, 0.05) is 23.5 Å². The van der Waals surface area contributed by atoms with E-state index >= 15 is 0 Å². The van der Waals surface area contributed by atoms with Crippen LogP contribution in [0.5, 0.6) is 5.75 Å². The lowest BCUT2D eigenvalue weighted by Crippen LogP contribution is -2.42. The van der Waals surface area contributed by atoms with Crippen molar-refractivity contribution < 1.29 is 18.7 Å². The predicted molar refractivity (Wildman–Crippen MR) is 143 cm³/mol. The van der Waals surface area contributed by atoms with Gasteiger partial charge in [-0.15, -0.1) is 0 Å². The number of benzene rings is 2. The van der Waals surface area contributed by atoms with Crippen LogP contribution in [0.25, 0.3) is 16.9 Å². The Morgan fingerprint density at radius 1 is 1.03 bits per heavy atom. The molecule has 0 atom stereocenters. The summed E-state index contributed by atoms with van der Waals surface area (Å²) >= 11 is 0. The molecule has 4 rings (SSSR count). The van der Waals surface area contributed by atoms with E-state index in [9.17, 15) is 9.59 Å². The van der Waals surface area contributed by atoms with Crippen LogP contribution < -0.4 is 10.1 Å². The van der Waals surface area contributed by atoms with E-state index in [1.54, 1.807) is 19.2 Å². The number of carbonyl (C=O) groups excluding carboxylic acids is 2. The molecular weight excluding hydrogens is 468 g/mol. The Morgan fingerprint density at radius 2 is 1.73 bits per heavy atom. The van der Waals surface area contributed by atoms with E-state index < -0.39 is 0 Å². The van der Waals surface area contributed by atoms with Gasteiger partial charge in [-0.05, 0) is 73.9 Å². The third-order valence-electron chi connectivity index (χ3n) is 6.11. The van der Waals surface area contributed by atoms with E-state index in [4.69, 9.17) is 14.1 Å². The summed E-state index contributed by atoms with van der Waals surface area (Å²) in [5, 5.41) is 2.91. The topological polar surface area (TPSA) is 89.6 Å². The van der Waals surface area contributed by atoms with Gasteiger partial charge in [-0.2, -0.15) is 0 Å². The molecule has 0 unspecified atom stereocenters. The monoisotopic (exact) mass is 500 g/mol. The fourth-order valence-electron chi connectivity index (χ4n) is 3.94. The van der Waals surface area contributed by atoms with Gasteiger partial charge >= 0.3 is 0 Å². The summed E-state index contributed by atoms with van der Waals surface area (Å²) in [6.07, 6.45) is 3.32. The molecule has 0 aliphatic carbocycles. The smallest absolute Gasteiger partial charge is 0.290 e. The van der Waals surface area contributed by atoms with Gasteiger partial charge in [-0.25, -0.2) is 4.98 Å². The van der Waals surface area contributed by atoms with Gasteiger partial charge in [0.2, 0.25) is 11.9 Å². The molecule has 0 saturated heterocycles. The van der Waals surface area contributed by atoms with Crippen LogP contribution in [0.4, 0.5) is 5.95 Å². The normalized spacial score (nSPS) is 11.1.